The van der Waals surface area contributed by atoms with Crippen molar-refractivity contribution in [1.82, 2.24) is 0 Å². The first-order chi connectivity index (χ1) is 10.2. The summed E-state index contributed by atoms with van der Waals surface area (Å²) < 4.78 is 14.3. The number of fused-ring (bicyclic) bond motifs is 1. The topological polar surface area (TPSA) is 23.5 Å². The van der Waals surface area contributed by atoms with Crippen molar-refractivity contribution in [3.05, 3.63) is 65.0 Å². The number of rotatable bonds is 2. The van der Waals surface area contributed by atoms with E-state index in [1.165, 1.54) is 17.2 Å². The summed E-state index contributed by atoms with van der Waals surface area (Å²) in [4.78, 5) is 2.07. The Morgan fingerprint density at radius 2 is 1.62 bits per heavy atom. The lowest BCUT2D eigenvalue weighted by Gasteiger charge is -2.26. The lowest BCUT2D eigenvalue weighted by molar-refractivity contribution is 0.199. The molecule has 0 saturated heterocycles. The summed E-state index contributed by atoms with van der Waals surface area (Å²) in [6.45, 7) is 3.24. The number of halogens is 1. The van der Waals surface area contributed by atoms with Crippen LogP contribution < -0.4 is 4.90 Å². The zero-order valence-corrected chi connectivity index (χ0v) is 12.2. The highest BCUT2D eigenvalue weighted by Gasteiger charge is 2.21. The first-order valence-corrected chi connectivity index (χ1v) is 7.45. The SMILES string of the molecule is C[C@H](O)c1cccc(F)c1N1CCc2ccccc2CC1. The van der Waals surface area contributed by atoms with E-state index in [1.807, 2.05) is 0 Å². The molecule has 1 heterocycles. The lowest BCUT2D eigenvalue weighted by Crippen LogP contribution is -2.28. The summed E-state index contributed by atoms with van der Waals surface area (Å²) in [5, 5.41) is 9.91. The van der Waals surface area contributed by atoms with E-state index in [2.05, 4.69) is 29.2 Å². The van der Waals surface area contributed by atoms with Gasteiger partial charge in [0, 0.05) is 18.7 Å². The van der Waals surface area contributed by atoms with Gasteiger partial charge >= 0.3 is 0 Å². The predicted octanol–water partition coefficient (Wildman–Crippen LogP) is 3.48. The van der Waals surface area contributed by atoms with Crippen molar-refractivity contribution in [3.63, 3.8) is 0 Å². The molecule has 1 aliphatic heterocycles. The van der Waals surface area contributed by atoms with Crippen molar-refractivity contribution in [1.29, 1.82) is 0 Å². The van der Waals surface area contributed by atoms with Crippen LogP contribution in [-0.2, 0) is 12.8 Å². The van der Waals surface area contributed by atoms with E-state index in [1.54, 1.807) is 19.1 Å². The van der Waals surface area contributed by atoms with Crippen LogP contribution in [0.4, 0.5) is 10.1 Å². The second kappa shape index (κ2) is 5.86. The molecule has 2 aromatic carbocycles. The normalized spacial score (nSPS) is 16.2. The van der Waals surface area contributed by atoms with Crippen LogP contribution in [-0.4, -0.2) is 18.2 Å². The molecule has 2 aromatic rings. The van der Waals surface area contributed by atoms with Gasteiger partial charge in [0.25, 0.3) is 0 Å². The third-order valence-electron chi connectivity index (χ3n) is 4.20. The zero-order chi connectivity index (χ0) is 14.8. The van der Waals surface area contributed by atoms with E-state index in [4.69, 9.17) is 0 Å². The van der Waals surface area contributed by atoms with E-state index in [0.717, 1.165) is 25.9 Å². The molecule has 0 bridgehead atoms. The standard InChI is InChI=1S/C18H20FNO/c1-13(21)16-7-4-8-17(19)18(16)20-11-9-14-5-2-3-6-15(14)10-12-20/h2-8,13,21H,9-12H2,1H3/t13-/m0/s1. The molecule has 3 rings (SSSR count). The highest BCUT2D eigenvalue weighted by atomic mass is 19.1. The van der Waals surface area contributed by atoms with Crippen LogP contribution >= 0.6 is 0 Å². The van der Waals surface area contributed by atoms with Gasteiger partial charge in [0.1, 0.15) is 5.82 Å². The fourth-order valence-electron chi connectivity index (χ4n) is 3.09. The summed E-state index contributed by atoms with van der Waals surface area (Å²) >= 11 is 0. The maximum absolute atomic E-state index is 14.3. The fraction of sp³-hybridized carbons (Fsp3) is 0.333. The van der Waals surface area contributed by atoms with Gasteiger partial charge in [-0.3, -0.25) is 0 Å². The highest BCUT2D eigenvalue weighted by molar-refractivity contribution is 5.56. The number of aliphatic hydroxyl groups is 1. The number of hydrogen-bond donors (Lipinski definition) is 1. The summed E-state index contributed by atoms with van der Waals surface area (Å²) in [6.07, 6.45) is 1.15. The molecular weight excluding hydrogens is 265 g/mol. The molecule has 0 aromatic heterocycles. The van der Waals surface area contributed by atoms with Crippen LogP contribution in [0.3, 0.4) is 0 Å². The average Bonchev–Trinajstić information content (AvgIpc) is 2.69. The Labute approximate surface area is 124 Å². The molecule has 0 unspecified atom stereocenters. The largest absolute Gasteiger partial charge is 0.389 e. The van der Waals surface area contributed by atoms with E-state index in [0.29, 0.717) is 11.3 Å². The molecule has 0 spiro atoms. The van der Waals surface area contributed by atoms with E-state index >= 15 is 0 Å². The molecule has 0 radical (unpaired) electrons. The number of hydrogen-bond acceptors (Lipinski definition) is 2. The Bertz CT molecular complexity index is 612. The number of aliphatic hydroxyl groups excluding tert-OH is 1. The summed E-state index contributed by atoms with van der Waals surface area (Å²) in [6, 6.07) is 13.3. The molecule has 2 nitrogen and oxygen atoms in total. The number of anilines is 1. The number of benzene rings is 2. The monoisotopic (exact) mass is 285 g/mol. The molecule has 1 N–H and O–H groups in total. The Morgan fingerprint density at radius 1 is 1.00 bits per heavy atom. The van der Waals surface area contributed by atoms with Gasteiger partial charge in [0.05, 0.1) is 11.8 Å². The molecule has 21 heavy (non-hydrogen) atoms. The van der Waals surface area contributed by atoms with E-state index in [-0.39, 0.29) is 5.82 Å². The van der Waals surface area contributed by atoms with Gasteiger partial charge in [0.15, 0.2) is 0 Å². The van der Waals surface area contributed by atoms with Gasteiger partial charge in [-0.1, -0.05) is 36.4 Å². The van der Waals surface area contributed by atoms with Gasteiger partial charge in [0.2, 0.25) is 0 Å². The minimum absolute atomic E-state index is 0.251. The van der Waals surface area contributed by atoms with Crippen molar-refractivity contribution >= 4 is 5.69 Å². The van der Waals surface area contributed by atoms with Crippen molar-refractivity contribution in [2.45, 2.75) is 25.9 Å². The zero-order valence-electron chi connectivity index (χ0n) is 12.2. The van der Waals surface area contributed by atoms with Crippen molar-refractivity contribution < 1.29 is 9.50 Å². The summed E-state index contributed by atoms with van der Waals surface area (Å²) in [7, 11) is 0. The first-order valence-electron chi connectivity index (χ1n) is 7.45. The molecule has 0 fully saturated rings. The Balaban J connectivity index is 1.93. The molecule has 3 heteroatoms. The van der Waals surface area contributed by atoms with Crippen LogP contribution in [0.5, 0.6) is 0 Å². The molecule has 0 saturated carbocycles. The molecular formula is C18H20FNO. The van der Waals surface area contributed by atoms with Gasteiger partial charge < -0.3 is 10.0 Å². The predicted molar refractivity (Wildman–Crippen MR) is 83.1 cm³/mol. The fourth-order valence-corrected chi connectivity index (χ4v) is 3.09. The molecule has 1 aliphatic rings. The van der Waals surface area contributed by atoms with Crippen LogP contribution in [0.2, 0.25) is 0 Å². The van der Waals surface area contributed by atoms with E-state index < -0.39 is 6.10 Å². The van der Waals surface area contributed by atoms with Crippen molar-refractivity contribution in [2.24, 2.45) is 0 Å². The highest BCUT2D eigenvalue weighted by Crippen LogP contribution is 2.31. The average molecular weight is 285 g/mol. The Kier molecular flexibility index (Phi) is 3.93. The quantitative estimate of drug-likeness (QED) is 0.913. The maximum Gasteiger partial charge on any atom is 0.146 e. The number of para-hydroxylation sites is 1. The maximum atomic E-state index is 14.3. The Hall–Kier alpha value is -1.87. The summed E-state index contributed by atoms with van der Waals surface area (Å²) in [5.41, 5.74) is 3.91. The minimum Gasteiger partial charge on any atom is -0.389 e. The van der Waals surface area contributed by atoms with Crippen molar-refractivity contribution in [3.8, 4) is 0 Å². The van der Waals surface area contributed by atoms with Crippen molar-refractivity contribution in [2.75, 3.05) is 18.0 Å². The Morgan fingerprint density at radius 3 is 2.19 bits per heavy atom. The lowest BCUT2D eigenvalue weighted by atomic mass is 10.0. The number of nitrogens with zero attached hydrogens (tertiary/aromatic N) is 1. The van der Waals surface area contributed by atoms with Gasteiger partial charge in [-0.05, 0) is 37.0 Å². The molecule has 1 atom stereocenters. The van der Waals surface area contributed by atoms with E-state index in [9.17, 15) is 9.50 Å². The second-order valence-corrected chi connectivity index (χ2v) is 5.61. The van der Waals surface area contributed by atoms with Crippen LogP contribution in [0, 0.1) is 5.82 Å². The van der Waals surface area contributed by atoms with Gasteiger partial charge in [-0.15, -0.1) is 0 Å². The van der Waals surface area contributed by atoms with Gasteiger partial charge in [-0.25, -0.2) is 4.39 Å². The smallest absolute Gasteiger partial charge is 0.146 e. The van der Waals surface area contributed by atoms with Gasteiger partial charge in [-0.2, -0.15) is 0 Å². The first kappa shape index (κ1) is 14.1. The van der Waals surface area contributed by atoms with Crippen LogP contribution in [0.25, 0.3) is 0 Å². The minimum atomic E-state index is -0.665. The third-order valence-corrected chi connectivity index (χ3v) is 4.20. The molecule has 0 amide bonds. The second-order valence-electron chi connectivity index (χ2n) is 5.61. The summed E-state index contributed by atoms with van der Waals surface area (Å²) in [5.74, 6) is -0.251. The van der Waals surface area contributed by atoms with Crippen LogP contribution in [0.1, 0.15) is 29.7 Å². The van der Waals surface area contributed by atoms with Crippen LogP contribution in [0.15, 0.2) is 42.5 Å². The molecule has 110 valence electrons. The third kappa shape index (κ3) is 2.79. The molecule has 0 aliphatic carbocycles.